The Morgan fingerprint density at radius 3 is 1.91 bits per heavy atom. The van der Waals surface area contributed by atoms with E-state index in [2.05, 4.69) is 264 Å². The zero-order chi connectivity index (χ0) is 50.1. The first-order chi connectivity index (χ1) is 37.1. The maximum absolute atomic E-state index is 5.16. The van der Waals surface area contributed by atoms with Crippen LogP contribution >= 0.6 is 0 Å². The fourth-order valence-corrected chi connectivity index (χ4v) is 11.4. The van der Waals surface area contributed by atoms with Crippen molar-refractivity contribution in [2.45, 2.75) is 25.7 Å². The van der Waals surface area contributed by atoms with Crippen LogP contribution < -0.4 is 4.90 Å². The fourth-order valence-electron chi connectivity index (χ4n) is 11.4. The summed E-state index contributed by atoms with van der Waals surface area (Å²) in [5.74, 6) is 0.714. The van der Waals surface area contributed by atoms with Gasteiger partial charge in [0.1, 0.15) is 0 Å². The molecule has 0 amide bonds. The number of anilines is 1. The largest absolute Gasteiger partial charge is 0.348 e. The number of aromatic nitrogens is 2. The molecule has 0 spiro atoms. The highest BCUT2D eigenvalue weighted by molar-refractivity contribution is 6.15. The molecule has 13 rings (SSSR count). The van der Waals surface area contributed by atoms with Crippen molar-refractivity contribution in [1.29, 1.82) is 0 Å². The monoisotopic (exact) mass is 965 g/mol. The molecular weight excluding hydrogens is 911 g/mol. The quantitative estimate of drug-likeness (QED) is 0.0940. The van der Waals surface area contributed by atoms with Crippen LogP contribution in [0.5, 0.6) is 0 Å². The van der Waals surface area contributed by atoms with E-state index in [-0.39, 0.29) is 0 Å². The maximum atomic E-state index is 5.16. The van der Waals surface area contributed by atoms with E-state index in [1.807, 2.05) is 12.3 Å². The average Bonchev–Trinajstić information content (AvgIpc) is 4.00. The lowest BCUT2D eigenvalue weighted by Crippen LogP contribution is -2.20. The summed E-state index contributed by atoms with van der Waals surface area (Å²) < 4.78 is 4.88. The summed E-state index contributed by atoms with van der Waals surface area (Å²) in [5.41, 5.74) is 19.8. The third-order valence-electron chi connectivity index (χ3n) is 15.0. The zero-order valence-corrected chi connectivity index (χ0v) is 42.0. The molecule has 0 bridgehead atoms. The molecule has 360 valence electrons. The third kappa shape index (κ3) is 8.62. The molecule has 2 aliphatic carbocycles. The van der Waals surface area contributed by atoms with Crippen LogP contribution in [0.1, 0.15) is 47.9 Å². The van der Waals surface area contributed by atoms with Crippen LogP contribution in [0.2, 0.25) is 0 Å². The molecule has 0 atom stereocenters. The lowest BCUT2D eigenvalue weighted by Gasteiger charge is -2.30. The number of rotatable bonds is 11. The Balaban J connectivity index is 0.994. The van der Waals surface area contributed by atoms with Crippen molar-refractivity contribution in [2.24, 2.45) is 9.98 Å². The standard InChI is InChI=1S/C70H55N5/c1-73(55-28-13-5-14-29-55)67-37-21-34-57(69(67)51-24-9-3-10-25-51)53-40-43-66-62(45-53)60-41-39-54(46-68(60)74(66)56-30-15-6-16-31-56)61-44-50(48-72-70(52-26-11-4-12-27-52)71-47-49-22-7-2-8-23-49)38-42-65(61)75-63-35-19-17-32-58(63)59-33-18-20-36-64(59)75/h3-7,9-20,22-36,38-46,48H,2,8,21,37,47H2,1H3. The van der Waals surface area contributed by atoms with Gasteiger partial charge in [-0.1, -0.05) is 182 Å². The van der Waals surface area contributed by atoms with E-state index >= 15 is 0 Å². The second kappa shape index (κ2) is 19.9. The highest BCUT2D eigenvalue weighted by Crippen LogP contribution is 2.44. The first kappa shape index (κ1) is 45.5. The molecule has 0 fully saturated rings. The van der Waals surface area contributed by atoms with E-state index in [1.54, 1.807) is 0 Å². The van der Waals surface area contributed by atoms with Crippen molar-refractivity contribution in [1.82, 2.24) is 9.13 Å². The number of benzene rings is 9. The summed E-state index contributed by atoms with van der Waals surface area (Å²) in [6, 6.07) is 81.3. The van der Waals surface area contributed by atoms with Gasteiger partial charge in [-0.3, -0.25) is 4.99 Å². The zero-order valence-electron chi connectivity index (χ0n) is 42.0. The topological polar surface area (TPSA) is 37.8 Å². The summed E-state index contributed by atoms with van der Waals surface area (Å²) in [5, 5.41) is 4.86. The molecule has 75 heavy (non-hydrogen) atoms. The number of fused-ring (bicyclic) bond motifs is 6. The summed E-state index contributed by atoms with van der Waals surface area (Å²) >= 11 is 0. The van der Waals surface area contributed by atoms with Gasteiger partial charge in [0.05, 0.1) is 34.3 Å². The number of nitrogens with zero attached hydrogens (tertiary/aromatic N) is 5. The van der Waals surface area contributed by atoms with E-state index in [4.69, 9.17) is 9.98 Å². The van der Waals surface area contributed by atoms with Gasteiger partial charge in [-0.25, -0.2) is 4.99 Å². The maximum Gasteiger partial charge on any atom is 0.154 e. The normalized spacial score (nSPS) is 14.1. The lowest BCUT2D eigenvalue weighted by molar-refractivity contribution is 0.905. The minimum atomic E-state index is 0.585. The number of para-hydroxylation sites is 4. The second-order valence-electron chi connectivity index (χ2n) is 19.5. The van der Waals surface area contributed by atoms with Crippen molar-refractivity contribution >= 4 is 72.5 Å². The molecule has 2 aliphatic rings. The molecule has 0 unspecified atom stereocenters. The predicted octanol–water partition coefficient (Wildman–Crippen LogP) is 17.4. The molecular formula is C70H55N5. The van der Waals surface area contributed by atoms with Crippen LogP contribution in [0.25, 0.3) is 77.3 Å². The molecule has 0 radical (unpaired) electrons. The van der Waals surface area contributed by atoms with E-state index in [0.29, 0.717) is 12.4 Å². The van der Waals surface area contributed by atoms with Gasteiger partial charge in [0.25, 0.3) is 0 Å². The van der Waals surface area contributed by atoms with Gasteiger partial charge in [0.2, 0.25) is 0 Å². The number of aliphatic imine (C=N–C) groups is 2. The van der Waals surface area contributed by atoms with Crippen LogP contribution in [0.4, 0.5) is 5.69 Å². The van der Waals surface area contributed by atoms with Gasteiger partial charge in [-0.15, -0.1) is 0 Å². The van der Waals surface area contributed by atoms with Crippen molar-refractivity contribution in [2.75, 3.05) is 18.5 Å². The summed E-state index contributed by atoms with van der Waals surface area (Å²) in [6.45, 7) is 0.585. The van der Waals surface area contributed by atoms with Crippen LogP contribution in [-0.2, 0) is 0 Å². The number of allylic oxidation sites excluding steroid dienone is 6. The summed E-state index contributed by atoms with van der Waals surface area (Å²) in [4.78, 5) is 12.6. The van der Waals surface area contributed by atoms with Gasteiger partial charge in [-0.2, -0.15) is 0 Å². The minimum absolute atomic E-state index is 0.585. The van der Waals surface area contributed by atoms with Gasteiger partial charge in [0, 0.05) is 68.6 Å². The first-order valence-corrected chi connectivity index (χ1v) is 26.2. The molecule has 2 heterocycles. The predicted molar refractivity (Wildman–Crippen MR) is 318 cm³/mol. The molecule has 0 saturated carbocycles. The van der Waals surface area contributed by atoms with Crippen molar-refractivity contribution in [3.05, 3.63) is 282 Å². The van der Waals surface area contributed by atoms with Gasteiger partial charge >= 0.3 is 0 Å². The second-order valence-corrected chi connectivity index (χ2v) is 19.5. The Morgan fingerprint density at radius 2 is 1.17 bits per heavy atom. The molecule has 5 nitrogen and oxygen atoms in total. The van der Waals surface area contributed by atoms with Gasteiger partial charge < -0.3 is 14.0 Å². The van der Waals surface area contributed by atoms with Crippen LogP contribution in [0, 0.1) is 0 Å². The number of hydrogen-bond donors (Lipinski definition) is 0. The van der Waals surface area contributed by atoms with Crippen molar-refractivity contribution < 1.29 is 0 Å². The highest BCUT2D eigenvalue weighted by Gasteiger charge is 2.25. The van der Waals surface area contributed by atoms with Crippen LogP contribution in [0.3, 0.4) is 0 Å². The highest BCUT2D eigenvalue weighted by atomic mass is 15.1. The Bertz CT molecular complexity index is 4080. The fraction of sp³-hybridized carbons (Fsp3) is 0.0857. The number of amidine groups is 1. The summed E-state index contributed by atoms with van der Waals surface area (Å²) in [6.07, 6.45) is 15.2. The molecule has 5 heteroatoms. The Hall–Kier alpha value is -9.32. The van der Waals surface area contributed by atoms with Crippen LogP contribution in [-0.4, -0.2) is 34.8 Å². The third-order valence-corrected chi connectivity index (χ3v) is 15.0. The van der Waals surface area contributed by atoms with Gasteiger partial charge in [0.15, 0.2) is 5.84 Å². The van der Waals surface area contributed by atoms with E-state index in [9.17, 15) is 0 Å². The van der Waals surface area contributed by atoms with E-state index in [0.717, 1.165) is 81.4 Å². The molecule has 0 saturated heterocycles. The van der Waals surface area contributed by atoms with Gasteiger partial charge in [-0.05, 0) is 126 Å². The average molecular weight is 966 g/mol. The van der Waals surface area contributed by atoms with Crippen molar-refractivity contribution in [3.8, 4) is 22.5 Å². The van der Waals surface area contributed by atoms with E-state index in [1.165, 1.54) is 60.8 Å². The molecule has 0 aliphatic heterocycles. The smallest absolute Gasteiger partial charge is 0.154 e. The Morgan fingerprint density at radius 1 is 0.520 bits per heavy atom. The Labute approximate surface area is 438 Å². The Kier molecular flexibility index (Phi) is 12.1. The summed E-state index contributed by atoms with van der Waals surface area (Å²) in [7, 11) is 2.21. The van der Waals surface area contributed by atoms with Crippen molar-refractivity contribution in [3.63, 3.8) is 0 Å². The number of hydrogen-bond acceptors (Lipinski definition) is 2. The van der Waals surface area contributed by atoms with E-state index < -0.39 is 0 Å². The molecule has 11 aromatic rings. The van der Waals surface area contributed by atoms with Crippen LogP contribution in [0.15, 0.2) is 270 Å². The first-order valence-electron chi connectivity index (χ1n) is 26.2. The SMILES string of the molecule is CN(C1=C(c2ccccc2)C(c2ccc3c(c2)c2ccc(-c4cc(C=NC(=NCC5=CCCC=C5)c5ccccc5)ccc4-n4c5ccccc5c5ccccc54)cc2n3-c2ccccc2)=CCC1)c1ccccc1. The molecule has 0 N–H and O–H groups in total. The minimum Gasteiger partial charge on any atom is -0.348 e. The lowest BCUT2D eigenvalue weighted by atomic mass is 9.84. The molecule has 2 aromatic heterocycles. The molecule has 9 aromatic carbocycles.